The van der Waals surface area contributed by atoms with Crippen LogP contribution in [0.4, 0.5) is 22.2 Å². The minimum atomic E-state index is -0.308. The Morgan fingerprint density at radius 2 is 1.90 bits per heavy atom. The predicted octanol–water partition coefficient (Wildman–Crippen LogP) is 0.888. The fraction of sp³-hybridized carbons (Fsp3) is 0.500. The SMILES string of the molecule is CNC(=O)Nc1ccc(-c2nc(N3CCOCC3)c3c(n2)N2CCOC[C@@H]2C3)cn1. The fourth-order valence-electron chi connectivity index (χ4n) is 4.16. The molecular weight excluding hydrogens is 386 g/mol. The van der Waals surface area contributed by atoms with E-state index in [4.69, 9.17) is 19.4 Å². The van der Waals surface area contributed by atoms with Gasteiger partial charge in [-0.3, -0.25) is 5.32 Å². The zero-order valence-corrected chi connectivity index (χ0v) is 16.9. The third-order valence-electron chi connectivity index (χ3n) is 5.70. The largest absolute Gasteiger partial charge is 0.378 e. The topological polar surface area (TPSA) is 105 Å². The van der Waals surface area contributed by atoms with Crippen molar-refractivity contribution in [1.82, 2.24) is 20.3 Å². The van der Waals surface area contributed by atoms with Gasteiger partial charge in [0.15, 0.2) is 5.82 Å². The highest BCUT2D eigenvalue weighted by Crippen LogP contribution is 2.39. The second-order valence-corrected chi connectivity index (χ2v) is 7.53. The summed E-state index contributed by atoms with van der Waals surface area (Å²) < 4.78 is 11.2. The number of rotatable bonds is 3. The molecule has 0 unspecified atom stereocenters. The lowest BCUT2D eigenvalue weighted by atomic mass is 10.1. The monoisotopic (exact) mass is 411 g/mol. The van der Waals surface area contributed by atoms with Crippen LogP contribution in [0.5, 0.6) is 0 Å². The van der Waals surface area contributed by atoms with Crippen LogP contribution < -0.4 is 20.4 Å². The molecule has 5 heterocycles. The van der Waals surface area contributed by atoms with Gasteiger partial charge in [0.2, 0.25) is 0 Å². The molecule has 1 atom stereocenters. The van der Waals surface area contributed by atoms with Crippen molar-refractivity contribution in [1.29, 1.82) is 0 Å². The average Bonchev–Trinajstić information content (AvgIpc) is 3.18. The van der Waals surface area contributed by atoms with Crippen LogP contribution in [0.3, 0.4) is 0 Å². The Labute approximate surface area is 174 Å². The summed E-state index contributed by atoms with van der Waals surface area (Å²) in [4.78, 5) is 30.4. The molecule has 2 amide bonds. The molecule has 0 aliphatic carbocycles. The summed E-state index contributed by atoms with van der Waals surface area (Å²) in [5, 5.41) is 5.18. The zero-order chi connectivity index (χ0) is 20.5. The summed E-state index contributed by atoms with van der Waals surface area (Å²) in [6, 6.07) is 3.65. The van der Waals surface area contributed by atoms with Gasteiger partial charge in [-0.15, -0.1) is 0 Å². The molecule has 0 spiro atoms. The Kier molecular flexibility index (Phi) is 5.09. The second kappa shape index (κ2) is 8.04. The molecule has 2 fully saturated rings. The van der Waals surface area contributed by atoms with E-state index < -0.39 is 0 Å². The molecule has 3 aliphatic heterocycles. The first-order valence-electron chi connectivity index (χ1n) is 10.3. The van der Waals surface area contributed by atoms with Crippen LogP contribution in [0.15, 0.2) is 18.3 Å². The molecule has 30 heavy (non-hydrogen) atoms. The number of fused-ring (bicyclic) bond motifs is 3. The summed E-state index contributed by atoms with van der Waals surface area (Å²) in [5.41, 5.74) is 2.01. The van der Waals surface area contributed by atoms with Gasteiger partial charge in [-0.25, -0.2) is 19.7 Å². The van der Waals surface area contributed by atoms with E-state index in [1.54, 1.807) is 19.3 Å². The Morgan fingerprint density at radius 1 is 1.10 bits per heavy atom. The van der Waals surface area contributed by atoms with E-state index in [0.717, 1.165) is 49.9 Å². The van der Waals surface area contributed by atoms with Crippen LogP contribution in [-0.2, 0) is 15.9 Å². The van der Waals surface area contributed by atoms with E-state index in [1.807, 2.05) is 6.07 Å². The number of carbonyl (C=O) groups excluding carboxylic acids is 1. The molecule has 0 aromatic carbocycles. The van der Waals surface area contributed by atoms with E-state index in [2.05, 4.69) is 25.4 Å². The molecule has 5 rings (SSSR count). The first-order chi connectivity index (χ1) is 14.7. The van der Waals surface area contributed by atoms with E-state index in [1.165, 1.54) is 5.56 Å². The highest BCUT2D eigenvalue weighted by Gasteiger charge is 2.37. The highest BCUT2D eigenvalue weighted by molar-refractivity contribution is 5.88. The van der Waals surface area contributed by atoms with E-state index >= 15 is 0 Å². The van der Waals surface area contributed by atoms with E-state index in [0.29, 0.717) is 37.5 Å². The van der Waals surface area contributed by atoms with Gasteiger partial charge >= 0.3 is 6.03 Å². The number of aromatic nitrogens is 3. The standard InChI is InChI=1S/C20H25N7O3/c1-21-20(28)23-16-3-2-13(11-22-16)17-24-18(26-4-7-29-8-5-26)15-10-14-12-30-9-6-27(14)19(15)25-17/h2-3,11,14H,4-10,12H2,1H3,(H2,21,22,23,28)/t14-/m0/s1. The van der Waals surface area contributed by atoms with Gasteiger partial charge in [0.1, 0.15) is 17.5 Å². The lowest BCUT2D eigenvalue weighted by Crippen LogP contribution is -2.43. The maximum atomic E-state index is 11.5. The van der Waals surface area contributed by atoms with Crippen molar-refractivity contribution < 1.29 is 14.3 Å². The number of hydrogen-bond acceptors (Lipinski definition) is 8. The first kappa shape index (κ1) is 19.0. The number of amides is 2. The normalized spacial score (nSPS) is 20.5. The third kappa shape index (κ3) is 3.52. The fourth-order valence-corrected chi connectivity index (χ4v) is 4.16. The van der Waals surface area contributed by atoms with Crippen molar-refractivity contribution in [3.8, 4) is 11.4 Å². The zero-order valence-electron chi connectivity index (χ0n) is 16.9. The van der Waals surface area contributed by atoms with Crippen LogP contribution in [0.2, 0.25) is 0 Å². The van der Waals surface area contributed by atoms with Gasteiger partial charge in [0, 0.05) is 50.4 Å². The summed E-state index contributed by atoms with van der Waals surface area (Å²) >= 11 is 0. The molecule has 2 N–H and O–H groups in total. The molecule has 2 aromatic rings. The van der Waals surface area contributed by atoms with Crippen molar-refractivity contribution in [3.63, 3.8) is 0 Å². The van der Waals surface area contributed by atoms with Crippen LogP contribution in [0.1, 0.15) is 5.56 Å². The Bertz CT molecular complexity index is 931. The average molecular weight is 411 g/mol. The van der Waals surface area contributed by atoms with E-state index in [-0.39, 0.29) is 6.03 Å². The quantitative estimate of drug-likeness (QED) is 0.767. The van der Waals surface area contributed by atoms with Crippen LogP contribution in [0.25, 0.3) is 11.4 Å². The number of carbonyl (C=O) groups is 1. The van der Waals surface area contributed by atoms with Crippen molar-refractivity contribution >= 4 is 23.5 Å². The lowest BCUT2D eigenvalue weighted by molar-refractivity contribution is 0.0973. The number of morpholine rings is 2. The first-order valence-corrected chi connectivity index (χ1v) is 10.3. The predicted molar refractivity (Wildman–Crippen MR) is 112 cm³/mol. The number of urea groups is 1. The summed E-state index contributed by atoms with van der Waals surface area (Å²) in [6.45, 7) is 5.30. The molecule has 2 aromatic heterocycles. The van der Waals surface area contributed by atoms with Crippen LogP contribution in [0, 0.1) is 0 Å². The Hall–Kier alpha value is -2.98. The highest BCUT2D eigenvalue weighted by atomic mass is 16.5. The molecule has 2 saturated heterocycles. The minimum Gasteiger partial charge on any atom is -0.378 e. The molecular formula is C20H25N7O3. The summed E-state index contributed by atoms with van der Waals surface area (Å²) in [5.74, 6) is 3.10. The lowest BCUT2D eigenvalue weighted by Gasteiger charge is -2.31. The van der Waals surface area contributed by atoms with Gasteiger partial charge in [0.25, 0.3) is 0 Å². The Balaban J connectivity index is 1.52. The maximum absolute atomic E-state index is 11.5. The van der Waals surface area contributed by atoms with Gasteiger partial charge in [-0.2, -0.15) is 0 Å². The molecule has 0 radical (unpaired) electrons. The minimum absolute atomic E-state index is 0.308. The molecule has 0 saturated carbocycles. The van der Waals surface area contributed by atoms with Crippen molar-refractivity contribution in [2.75, 3.05) is 68.2 Å². The van der Waals surface area contributed by atoms with Crippen LogP contribution >= 0.6 is 0 Å². The number of pyridine rings is 1. The second-order valence-electron chi connectivity index (χ2n) is 7.53. The van der Waals surface area contributed by atoms with Gasteiger partial charge < -0.3 is 24.6 Å². The third-order valence-corrected chi connectivity index (χ3v) is 5.70. The van der Waals surface area contributed by atoms with Crippen molar-refractivity contribution in [2.45, 2.75) is 12.5 Å². The number of nitrogens with zero attached hydrogens (tertiary/aromatic N) is 5. The Morgan fingerprint density at radius 3 is 2.67 bits per heavy atom. The molecule has 10 heteroatoms. The van der Waals surface area contributed by atoms with Gasteiger partial charge in [-0.1, -0.05) is 0 Å². The van der Waals surface area contributed by atoms with Crippen LogP contribution in [-0.4, -0.2) is 80.1 Å². The van der Waals surface area contributed by atoms with E-state index in [9.17, 15) is 4.79 Å². The maximum Gasteiger partial charge on any atom is 0.320 e. The molecule has 0 bridgehead atoms. The summed E-state index contributed by atoms with van der Waals surface area (Å²) in [6.07, 6.45) is 2.59. The number of hydrogen-bond donors (Lipinski definition) is 2. The molecule has 10 nitrogen and oxygen atoms in total. The smallest absolute Gasteiger partial charge is 0.320 e. The number of nitrogens with one attached hydrogen (secondary N) is 2. The molecule has 158 valence electrons. The number of anilines is 3. The van der Waals surface area contributed by atoms with Gasteiger partial charge in [0.05, 0.1) is 32.5 Å². The van der Waals surface area contributed by atoms with Gasteiger partial charge in [-0.05, 0) is 12.1 Å². The number of ether oxygens (including phenoxy) is 2. The molecule has 3 aliphatic rings. The summed E-state index contributed by atoms with van der Waals surface area (Å²) in [7, 11) is 1.56. The van der Waals surface area contributed by atoms with Crippen molar-refractivity contribution in [2.24, 2.45) is 0 Å². The van der Waals surface area contributed by atoms with Crippen molar-refractivity contribution in [3.05, 3.63) is 23.9 Å².